The van der Waals surface area contributed by atoms with Crippen LogP contribution in [-0.4, -0.2) is 5.11 Å². The number of aryl methyl sites for hydroxylation is 1. The van der Waals surface area contributed by atoms with Crippen LogP contribution in [0.25, 0.3) is 0 Å². The van der Waals surface area contributed by atoms with Crippen molar-refractivity contribution in [3.8, 4) is 5.75 Å². The summed E-state index contributed by atoms with van der Waals surface area (Å²) in [6, 6.07) is 3.30. The molecule has 60 valence electrons. The molecule has 0 atom stereocenters. The Morgan fingerprint density at radius 1 is 1.55 bits per heavy atom. The Balaban J connectivity index is 3.21. The second-order valence-electron chi connectivity index (χ2n) is 2.43. The first-order valence-electron chi connectivity index (χ1n) is 3.33. The molecule has 0 radical (unpaired) electrons. The van der Waals surface area contributed by atoms with E-state index in [1.54, 1.807) is 12.1 Å². The molecule has 0 saturated carbocycles. The second-order valence-corrected chi connectivity index (χ2v) is 2.84. The molecule has 11 heavy (non-hydrogen) atoms. The normalized spacial score (nSPS) is 10.1. The molecule has 0 aliphatic heterocycles. The lowest BCUT2D eigenvalue weighted by Gasteiger charge is -2.04. The highest BCUT2D eigenvalue weighted by atomic mass is 35.5. The number of rotatable bonds is 1. The lowest BCUT2D eigenvalue weighted by Crippen LogP contribution is -1.98. The highest BCUT2D eigenvalue weighted by Crippen LogP contribution is 2.26. The summed E-state index contributed by atoms with van der Waals surface area (Å²) in [4.78, 5) is 0. The summed E-state index contributed by atoms with van der Waals surface area (Å²) in [7, 11) is 0. The Morgan fingerprint density at radius 3 is 2.73 bits per heavy atom. The average Bonchev–Trinajstić information content (AvgIpc) is 1.97. The first kappa shape index (κ1) is 8.37. The van der Waals surface area contributed by atoms with Crippen LogP contribution in [0.3, 0.4) is 0 Å². The van der Waals surface area contributed by atoms with Gasteiger partial charge in [-0.2, -0.15) is 0 Å². The zero-order valence-corrected chi connectivity index (χ0v) is 7.02. The maximum atomic E-state index is 9.17. The quantitative estimate of drug-likeness (QED) is 0.677. The van der Waals surface area contributed by atoms with Crippen LogP contribution in [0.15, 0.2) is 12.1 Å². The molecule has 0 spiro atoms. The topological polar surface area (TPSA) is 46.2 Å². The smallest absolute Gasteiger partial charge is 0.134 e. The summed E-state index contributed by atoms with van der Waals surface area (Å²) in [5.41, 5.74) is 7.35. The first-order valence-corrected chi connectivity index (χ1v) is 3.71. The van der Waals surface area contributed by atoms with E-state index < -0.39 is 0 Å². The molecule has 0 unspecified atom stereocenters. The average molecular weight is 172 g/mol. The highest BCUT2D eigenvalue weighted by Gasteiger charge is 2.02. The van der Waals surface area contributed by atoms with Crippen molar-refractivity contribution in [3.63, 3.8) is 0 Å². The minimum atomic E-state index is 0.0951. The lowest BCUT2D eigenvalue weighted by atomic mass is 10.1. The summed E-state index contributed by atoms with van der Waals surface area (Å²) in [6.45, 7) is 2.34. The molecule has 0 aromatic heterocycles. The number of hydrogen-bond donors (Lipinski definition) is 2. The van der Waals surface area contributed by atoms with E-state index in [1.807, 2.05) is 6.92 Å². The third-order valence-electron chi connectivity index (χ3n) is 1.63. The zero-order valence-electron chi connectivity index (χ0n) is 6.26. The van der Waals surface area contributed by atoms with Crippen molar-refractivity contribution in [1.29, 1.82) is 0 Å². The van der Waals surface area contributed by atoms with E-state index in [0.717, 1.165) is 11.1 Å². The van der Waals surface area contributed by atoms with Crippen molar-refractivity contribution in [2.24, 2.45) is 5.73 Å². The minimum absolute atomic E-state index is 0.0951. The van der Waals surface area contributed by atoms with E-state index in [2.05, 4.69) is 0 Å². The van der Waals surface area contributed by atoms with Crippen molar-refractivity contribution in [2.45, 2.75) is 13.5 Å². The molecule has 2 nitrogen and oxygen atoms in total. The standard InChI is InChI=1S/C8H10ClNO/c1-5-2-7(9)8(11)3-6(5)4-10/h2-3,11H,4,10H2,1H3. The van der Waals surface area contributed by atoms with Crippen LogP contribution in [0.5, 0.6) is 5.75 Å². The fourth-order valence-electron chi connectivity index (χ4n) is 0.924. The maximum Gasteiger partial charge on any atom is 0.134 e. The van der Waals surface area contributed by atoms with Crippen LogP contribution < -0.4 is 5.73 Å². The number of phenolic OH excluding ortho intramolecular Hbond substituents is 1. The predicted molar refractivity (Wildman–Crippen MR) is 45.7 cm³/mol. The molecule has 0 fully saturated rings. The van der Waals surface area contributed by atoms with Gasteiger partial charge < -0.3 is 10.8 Å². The number of hydrogen-bond acceptors (Lipinski definition) is 2. The van der Waals surface area contributed by atoms with Gasteiger partial charge in [-0.05, 0) is 30.2 Å². The third-order valence-corrected chi connectivity index (χ3v) is 1.93. The highest BCUT2D eigenvalue weighted by molar-refractivity contribution is 6.32. The van der Waals surface area contributed by atoms with Crippen LogP contribution >= 0.6 is 11.6 Å². The van der Waals surface area contributed by atoms with Gasteiger partial charge in [0.05, 0.1) is 5.02 Å². The van der Waals surface area contributed by atoms with Crippen molar-refractivity contribution in [1.82, 2.24) is 0 Å². The monoisotopic (exact) mass is 171 g/mol. The Hall–Kier alpha value is -0.730. The van der Waals surface area contributed by atoms with Gasteiger partial charge in [0.1, 0.15) is 5.75 Å². The fourth-order valence-corrected chi connectivity index (χ4v) is 1.14. The lowest BCUT2D eigenvalue weighted by molar-refractivity contribution is 0.474. The van der Waals surface area contributed by atoms with Gasteiger partial charge >= 0.3 is 0 Å². The van der Waals surface area contributed by atoms with E-state index in [-0.39, 0.29) is 5.75 Å². The van der Waals surface area contributed by atoms with Gasteiger partial charge in [-0.3, -0.25) is 0 Å². The van der Waals surface area contributed by atoms with Gasteiger partial charge in [-0.15, -0.1) is 0 Å². The number of phenols is 1. The van der Waals surface area contributed by atoms with E-state index in [0.29, 0.717) is 11.6 Å². The van der Waals surface area contributed by atoms with Crippen molar-refractivity contribution >= 4 is 11.6 Å². The number of benzene rings is 1. The van der Waals surface area contributed by atoms with E-state index in [4.69, 9.17) is 22.4 Å². The van der Waals surface area contributed by atoms with Crippen LogP contribution in [0.4, 0.5) is 0 Å². The minimum Gasteiger partial charge on any atom is -0.506 e. The molecule has 0 bridgehead atoms. The van der Waals surface area contributed by atoms with Crippen LogP contribution in [0.1, 0.15) is 11.1 Å². The summed E-state index contributed by atoms with van der Waals surface area (Å²) in [5, 5.41) is 9.54. The Bertz CT molecular complexity index is 273. The predicted octanol–water partition coefficient (Wildman–Crippen LogP) is 1.81. The fraction of sp³-hybridized carbons (Fsp3) is 0.250. The molecule has 1 aromatic carbocycles. The van der Waals surface area contributed by atoms with Gasteiger partial charge in [-0.25, -0.2) is 0 Å². The number of aromatic hydroxyl groups is 1. The number of halogens is 1. The van der Waals surface area contributed by atoms with Crippen LogP contribution in [0, 0.1) is 6.92 Å². The largest absolute Gasteiger partial charge is 0.506 e. The Labute approximate surface area is 70.6 Å². The van der Waals surface area contributed by atoms with Gasteiger partial charge in [-0.1, -0.05) is 11.6 Å². The molecule has 0 aliphatic carbocycles. The Kier molecular flexibility index (Phi) is 2.37. The molecular weight excluding hydrogens is 162 g/mol. The molecule has 0 saturated heterocycles. The van der Waals surface area contributed by atoms with E-state index >= 15 is 0 Å². The van der Waals surface area contributed by atoms with E-state index in [1.165, 1.54) is 0 Å². The third kappa shape index (κ3) is 1.64. The van der Waals surface area contributed by atoms with Gasteiger partial charge in [0.15, 0.2) is 0 Å². The maximum absolute atomic E-state index is 9.17. The Morgan fingerprint density at radius 2 is 2.18 bits per heavy atom. The molecule has 0 aliphatic rings. The van der Waals surface area contributed by atoms with Crippen LogP contribution in [0.2, 0.25) is 5.02 Å². The molecule has 1 rings (SSSR count). The summed E-state index contributed by atoms with van der Waals surface area (Å²) in [5.74, 6) is 0.0951. The molecule has 0 amide bonds. The van der Waals surface area contributed by atoms with Gasteiger partial charge in [0.2, 0.25) is 0 Å². The summed E-state index contributed by atoms with van der Waals surface area (Å²) >= 11 is 5.65. The van der Waals surface area contributed by atoms with E-state index in [9.17, 15) is 0 Å². The zero-order chi connectivity index (χ0) is 8.43. The molecule has 3 heteroatoms. The van der Waals surface area contributed by atoms with Crippen molar-refractivity contribution in [2.75, 3.05) is 0 Å². The van der Waals surface area contributed by atoms with Gasteiger partial charge in [0.25, 0.3) is 0 Å². The van der Waals surface area contributed by atoms with Crippen molar-refractivity contribution in [3.05, 3.63) is 28.3 Å². The van der Waals surface area contributed by atoms with Crippen molar-refractivity contribution < 1.29 is 5.11 Å². The van der Waals surface area contributed by atoms with Gasteiger partial charge in [0, 0.05) is 6.54 Å². The molecule has 1 aromatic rings. The molecule has 3 N–H and O–H groups in total. The molecular formula is C8H10ClNO. The second kappa shape index (κ2) is 3.11. The summed E-state index contributed by atoms with van der Waals surface area (Å²) in [6.07, 6.45) is 0. The SMILES string of the molecule is Cc1cc(Cl)c(O)cc1CN. The first-order chi connectivity index (χ1) is 5.15. The van der Waals surface area contributed by atoms with Crippen LogP contribution in [-0.2, 0) is 6.54 Å². The number of nitrogens with two attached hydrogens (primary N) is 1. The summed E-state index contributed by atoms with van der Waals surface area (Å²) < 4.78 is 0. The molecule has 0 heterocycles.